The first-order valence-corrected chi connectivity index (χ1v) is 13.7. The summed E-state index contributed by atoms with van der Waals surface area (Å²) < 4.78 is 31.5. The van der Waals surface area contributed by atoms with Gasteiger partial charge in [-0.25, -0.2) is 9.97 Å². The highest BCUT2D eigenvalue weighted by Gasteiger charge is 2.22. The number of nitrogens with one attached hydrogen (secondary N) is 1. The van der Waals surface area contributed by atoms with Crippen LogP contribution >= 0.6 is 11.6 Å². The van der Waals surface area contributed by atoms with Gasteiger partial charge in [0, 0.05) is 12.3 Å². The number of rotatable bonds is 9. The van der Waals surface area contributed by atoms with Crippen LogP contribution in [0.3, 0.4) is 0 Å². The van der Waals surface area contributed by atoms with Crippen molar-refractivity contribution in [2.75, 3.05) is 16.7 Å². The van der Waals surface area contributed by atoms with Crippen LogP contribution in [0.5, 0.6) is 5.75 Å². The van der Waals surface area contributed by atoms with Crippen molar-refractivity contribution in [3.63, 3.8) is 0 Å². The molecule has 2 aromatic heterocycles. The number of fused-ring (bicyclic) bond motifs is 1. The monoisotopic (exact) mass is 600 g/mol. The Balaban J connectivity index is 1.52. The fourth-order valence-corrected chi connectivity index (χ4v) is 4.56. The summed E-state index contributed by atoms with van der Waals surface area (Å²) in [5, 5.41) is 10.9. The number of ether oxygens (including phenoxy) is 1. The van der Waals surface area contributed by atoms with E-state index in [4.69, 9.17) is 16.3 Å². The molecule has 0 aliphatic heterocycles. The van der Waals surface area contributed by atoms with Gasteiger partial charge in [-0.15, -0.1) is 0 Å². The van der Waals surface area contributed by atoms with Crippen molar-refractivity contribution < 1.29 is 18.3 Å². The molecule has 0 fully saturated rings. The van der Waals surface area contributed by atoms with Crippen molar-refractivity contribution >= 4 is 62.8 Å². The summed E-state index contributed by atoms with van der Waals surface area (Å²) in [6, 6.07) is 23.2. The van der Waals surface area contributed by atoms with Crippen molar-refractivity contribution in [2.45, 2.75) is 6.54 Å². The number of amides is 1. The Hall–Kier alpha value is -5.07. The third-order valence-corrected chi connectivity index (χ3v) is 6.82. The van der Waals surface area contributed by atoms with E-state index in [0.29, 0.717) is 33.2 Å². The molecule has 0 bridgehead atoms. The molecule has 210 valence electrons. The third kappa shape index (κ3) is 6.62. The molecule has 0 aliphatic rings. The van der Waals surface area contributed by atoms with Gasteiger partial charge in [0.25, 0.3) is 0 Å². The lowest BCUT2D eigenvalue weighted by Crippen LogP contribution is -2.22. The molecule has 0 saturated heterocycles. The van der Waals surface area contributed by atoms with Crippen LogP contribution < -0.4 is 19.3 Å². The van der Waals surface area contributed by atoms with Gasteiger partial charge in [0.1, 0.15) is 10.9 Å². The maximum Gasteiger partial charge on any atom is 0.360 e. The molecule has 2 heterocycles. The number of benzene rings is 3. The van der Waals surface area contributed by atoms with Gasteiger partial charge in [-0.3, -0.25) is 18.3 Å². The number of anilines is 4. The van der Waals surface area contributed by atoms with Crippen molar-refractivity contribution in [3.05, 3.63) is 107 Å². The molecule has 3 aromatic carbocycles. The van der Waals surface area contributed by atoms with E-state index < -0.39 is 17.2 Å². The summed E-state index contributed by atoms with van der Waals surface area (Å²) in [4.78, 5) is 29.7. The number of aromatic nitrogens is 3. The van der Waals surface area contributed by atoms with Crippen LogP contribution in [-0.4, -0.2) is 36.7 Å². The smallest absolute Gasteiger partial charge is 0.360 e. The normalized spacial score (nSPS) is 11.3. The first-order valence-electron chi connectivity index (χ1n) is 12.3. The molecule has 12 nitrogen and oxygen atoms in total. The van der Waals surface area contributed by atoms with Crippen molar-refractivity contribution in [2.24, 2.45) is 10.2 Å². The van der Waals surface area contributed by atoms with Gasteiger partial charge < -0.3 is 14.6 Å². The lowest BCUT2D eigenvalue weighted by Gasteiger charge is -2.27. The molecule has 42 heavy (non-hydrogen) atoms. The molecular weight excluding hydrogens is 580 g/mol. The summed E-state index contributed by atoms with van der Waals surface area (Å²) in [6.45, 7) is 0.147. The number of nitrogens with zero attached hydrogens (tertiary/aromatic N) is 7. The number of pyridine rings is 1. The zero-order chi connectivity index (χ0) is 29.5. The lowest BCUT2D eigenvalue weighted by molar-refractivity contribution is 0.0992. The fourth-order valence-electron chi connectivity index (χ4n) is 3.84. The van der Waals surface area contributed by atoms with E-state index in [1.165, 1.54) is 31.4 Å². The molecule has 1 unspecified atom stereocenters. The van der Waals surface area contributed by atoms with Crippen LogP contribution in [0.15, 0.2) is 101 Å². The van der Waals surface area contributed by atoms with Gasteiger partial charge in [0.15, 0.2) is 18.2 Å². The largest absolute Gasteiger partial charge is 0.755 e. The van der Waals surface area contributed by atoms with Crippen LogP contribution in [0.2, 0.25) is 5.02 Å². The van der Waals surface area contributed by atoms with Crippen molar-refractivity contribution in [1.82, 2.24) is 19.9 Å². The Morgan fingerprint density at radius 3 is 2.57 bits per heavy atom. The van der Waals surface area contributed by atoms with Gasteiger partial charge in [-0.2, -0.15) is 0 Å². The minimum absolute atomic E-state index is 0.0579. The van der Waals surface area contributed by atoms with E-state index in [-0.39, 0.29) is 29.4 Å². The van der Waals surface area contributed by atoms with E-state index in [1.807, 2.05) is 6.07 Å². The highest BCUT2D eigenvalue weighted by atomic mass is 35.5. The zero-order valence-corrected chi connectivity index (χ0v) is 23.5. The first-order chi connectivity index (χ1) is 20.4. The van der Waals surface area contributed by atoms with E-state index >= 15 is 0 Å². The van der Waals surface area contributed by atoms with Crippen molar-refractivity contribution in [3.8, 4) is 5.75 Å². The standard InChI is InChI=1S/C28H21ClN8O4S/c1-41-21-12-13-22(29)25(16-21)33-26-27(34-24-11-3-2-10-23(24)32-26)37(42(39)40)20-9-6-7-18(15-20)28(38)35-36-31-17-19-8-4-5-14-30-19/h2-16H,17H2,1H3,(H-,32,33,39,40). The molecule has 1 N–H and O–H groups in total. The van der Waals surface area contributed by atoms with Crippen LogP contribution in [0.1, 0.15) is 16.1 Å². The molecule has 0 aliphatic carbocycles. The maximum atomic E-state index is 12.7. The van der Waals surface area contributed by atoms with Crippen LogP contribution in [0.4, 0.5) is 23.0 Å². The molecule has 0 saturated carbocycles. The molecule has 1 atom stereocenters. The maximum absolute atomic E-state index is 12.7. The summed E-state index contributed by atoms with van der Waals surface area (Å²) in [7, 11) is 1.51. The first kappa shape index (κ1) is 28.5. The molecule has 5 aromatic rings. The SMILES string of the molecule is COc1ccc(Cl)c(Nc2nc3ccccc3nc2N(c2cccc(C(=O)N=[N+]=NCc3ccccn3)c2)S(=O)[O-])c1. The fraction of sp³-hybridized carbons (Fsp3) is 0.0714. The number of methoxy groups -OCH3 is 1. The molecule has 14 heteroatoms. The Morgan fingerprint density at radius 2 is 1.83 bits per heavy atom. The van der Waals surface area contributed by atoms with E-state index in [1.54, 1.807) is 60.8 Å². The molecular formula is C28H21ClN8O4S. The molecule has 0 radical (unpaired) electrons. The van der Waals surface area contributed by atoms with E-state index in [9.17, 15) is 13.6 Å². The Morgan fingerprint density at radius 1 is 1.05 bits per heavy atom. The Labute approximate surface area is 247 Å². The van der Waals surface area contributed by atoms with E-state index in [0.717, 1.165) is 4.31 Å². The molecule has 5 rings (SSSR count). The summed E-state index contributed by atoms with van der Waals surface area (Å²) in [6.07, 6.45) is 1.62. The molecule has 1 amide bonds. The minimum atomic E-state index is -2.88. The predicted molar refractivity (Wildman–Crippen MR) is 158 cm³/mol. The van der Waals surface area contributed by atoms with Crippen LogP contribution in [-0.2, 0) is 17.8 Å². The van der Waals surface area contributed by atoms with E-state index in [2.05, 4.69) is 35.4 Å². The summed E-state index contributed by atoms with van der Waals surface area (Å²) in [5.41, 5.74) is 2.23. The number of para-hydroxylation sites is 2. The third-order valence-electron chi connectivity index (χ3n) is 5.81. The van der Waals surface area contributed by atoms with Gasteiger partial charge in [-0.05, 0) is 54.6 Å². The van der Waals surface area contributed by atoms with Crippen LogP contribution in [0, 0.1) is 0 Å². The summed E-state index contributed by atoms with van der Waals surface area (Å²) in [5.74, 6) is -0.159. The Kier molecular flexibility index (Phi) is 8.85. The number of halogens is 1. The van der Waals surface area contributed by atoms with Gasteiger partial charge in [-0.1, -0.05) is 35.9 Å². The average molecular weight is 601 g/mol. The van der Waals surface area contributed by atoms with Crippen molar-refractivity contribution in [1.29, 1.82) is 0 Å². The second-order valence-corrected chi connectivity index (χ2v) is 9.74. The topological polar surface area (TPSA) is 159 Å². The zero-order valence-electron chi connectivity index (χ0n) is 21.9. The number of hydrogen-bond acceptors (Lipinski definition) is 9. The number of hydrogen-bond donors (Lipinski definition) is 1. The Bertz CT molecular complexity index is 1850. The number of carbonyl (C=O) groups excluding carboxylic acids is 1. The second kappa shape index (κ2) is 13.1. The summed E-state index contributed by atoms with van der Waals surface area (Å²) >= 11 is 3.52. The second-order valence-electron chi connectivity index (χ2n) is 8.53. The van der Waals surface area contributed by atoms with Gasteiger partial charge in [0.2, 0.25) is 10.0 Å². The van der Waals surface area contributed by atoms with Crippen LogP contribution in [0.25, 0.3) is 11.0 Å². The highest BCUT2D eigenvalue weighted by molar-refractivity contribution is 7.81. The molecule has 0 spiro atoms. The van der Waals surface area contributed by atoms with Gasteiger partial charge in [0.05, 0.1) is 57.1 Å². The van der Waals surface area contributed by atoms with Gasteiger partial charge >= 0.3 is 5.91 Å². The predicted octanol–water partition coefficient (Wildman–Crippen LogP) is 5.67. The quantitative estimate of drug-likeness (QED) is 0.129. The minimum Gasteiger partial charge on any atom is -0.755 e. The highest BCUT2D eigenvalue weighted by Crippen LogP contribution is 2.36. The number of carbonyl (C=O) groups is 1. The lowest BCUT2D eigenvalue weighted by atomic mass is 10.2. The average Bonchev–Trinajstić information content (AvgIpc) is 3.01.